The van der Waals surface area contributed by atoms with Crippen LogP contribution in [0.1, 0.15) is 39.0 Å². The fourth-order valence-electron chi connectivity index (χ4n) is 1.94. The third kappa shape index (κ3) is 4.98. The fourth-order valence-corrected chi connectivity index (χ4v) is 2.88. The van der Waals surface area contributed by atoms with Gasteiger partial charge in [-0.05, 0) is 38.6 Å². The summed E-state index contributed by atoms with van der Waals surface area (Å²) in [6, 6.07) is 0.620. The second-order valence-corrected chi connectivity index (χ2v) is 6.94. The Bertz CT molecular complexity index is 270. The van der Waals surface area contributed by atoms with Crippen molar-refractivity contribution in [2.45, 2.75) is 45.1 Å². The topological polar surface area (TPSA) is 46.2 Å². The van der Waals surface area contributed by atoms with Crippen molar-refractivity contribution in [1.82, 2.24) is 5.32 Å². The van der Waals surface area contributed by atoms with E-state index < -0.39 is 9.84 Å². The second-order valence-electron chi connectivity index (χ2n) is 4.46. The zero-order chi connectivity index (χ0) is 11.3. The Labute approximate surface area is 93.6 Å². The minimum absolute atomic E-state index is 0.283. The molecule has 1 unspecified atom stereocenters. The summed E-state index contributed by atoms with van der Waals surface area (Å²) in [7, 11) is -0.743. The number of sulfone groups is 1. The second kappa shape index (κ2) is 5.85. The van der Waals surface area contributed by atoms with Crippen LogP contribution in [0.15, 0.2) is 0 Å². The van der Waals surface area contributed by atoms with Gasteiger partial charge in [0, 0.05) is 11.8 Å². The van der Waals surface area contributed by atoms with E-state index in [4.69, 9.17) is 0 Å². The molecule has 1 aliphatic carbocycles. The molecule has 0 amide bonds. The van der Waals surface area contributed by atoms with Crippen molar-refractivity contribution in [3.63, 3.8) is 0 Å². The van der Waals surface area contributed by atoms with Crippen molar-refractivity contribution in [2.75, 3.05) is 18.6 Å². The molecule has 0 spiro atoms. The first-order valence-electron chi connectivity index (χ1n) is 5.96. The van der Waals surface area contributed by atoms with E-state index in [1.807, 2.05) is 7.05 Å². The normalized spacial score (nSPS) is 19.1. The first-order chi connectivity index (χ1) is 7.09. The van der Waals surface area contributed by atoms with Gasteiger partial charge in [-0.1, -0.05) is 13.3 Å². The lowest BCUT2D eigenvalue weighted by Gasteiger charge is -2.14. The van der Waals surface area contributed by atoms with Gasteiger partial charge in [0.2, 0.25) is 0 Å². The van der Waals surface area contributed by atoms with E-state index in [1.54, 1.807) is 6.92 Å². The third-order valence-electron chi connectivity index (χ3n) is 3.22. The summed E-state index contributed by atoms with van der Waals surface area (Å²) in [5.74, 6) is 1.51. The molecular weight excluding hydrogens is 210 g/mol. The van der Waals surface area contributed by atoms with Crippen LogP contribution in [0.5, 0.6) is 0 Å². The molecule has 0 heterocycles. The van der Waals surface area contributed by atoms with Crippen LogP contribution in [-0.2, 0) is 9.84 Å². The van der Waals surface area contributed by atoms with Crippen molar-refractivity contribution in [3.8, 4) is 0 Å². The Morgan fingerprint density at radius 2 is 2.00 bits per heavy atom. The lowest BCUT2D eigenvalue weighted by atomic mass is 10.1. The number of hydrogen-bond acceptors (Lipinski definition) is 3. The minimum Gasteiger partial charge on any atom is -0.317 e. The third-order valence-corrected chi connectivity index (χ3v) is 5.01. The highest BCUT2D eigenvalue weighted by Gasteiger charge is 2.29. The molecule has 1 saturated carbocycles. The van der Waals surface area contributed by atoms with Gasteiger partial charge in [0.25, 0.3) is 0 Å². The first-order valence-corrected chi connectivity index (χ1v) is 7.79. The van der Waals surface area contributed by atoms with E-state index in [0.29, 0.717) is 11.8 Å². The van der Waals surface area contributed by atoms with Crippen LogP contribution in [0, 0.1) is 5.92 Å². The average Bonchev–Trinajstić information content (AvgIpc) is 3.02. The molecular formula is C11H23NO2S. The number of nitrogens with one attached hydrogen (secondary N) is 1. The van der Waals surface area contributed by atoms with E-state index >= 15 is 0 Å². The molecule has 1 aliphatic rings. The SMILES string of the molecule is CCS(=O)(=O)CCCCC(NC)C1CC1. The molecule has 0 bridgehead atoms. The van der Waals surface area contributed by atoms with Gasteiger partial charge < -0.3 is 5.32 Å². The van der Waals surface area contributed by atoms with E-state index in [-0.39, 0.29) is 5.75 Å². The average molecular weight is 233 g/mol. The molecule has 1 N–H and O–H groups in total. The molecule has 0 aromatic carbocycles. The molecule has 1 atom stereocenters. The minimum atomic E-state index is -2.75. The van der Waals surface area contributed by atoms with Gasteiger partial charge in [-0.3, -0.25) is 0 Å². The van der Waals surface area contributed by atoms with Crippen LogP contribution in [0.25, 0.3) is 0 Å². The largest absolute Gasteiger partial charge is 0.317 e. The summed E-state index contributed by atoms with van der Waals surface area (Å²) < 4.78 is 22.5. The van der Waals surface area contributed by atoms with Crippen molar-refractivity contribution in [3.05, 3.63) is 0 Å². The highest BCUT2D eigenvalue weighted by molar-refractivity contribution is 7.91. The molecule has 0 saturated heterocycles. The molecule has 3 nitrogen and oxygen atoms in total. The van der Waals surface area contributed by atoms with Gasteiger partial charge in [0.1, 0.15) is 9.84 Å². The smallest absolute Gasteiger partial charge is 0.150 e. The summed E-state index contributed by atoms with van der Waals surface area (Å²) in [5.41, 5.74) is 0. The monoisotopic (exact) mass is 233 g/mol. The van der Waals surface area contributed by atoms with Crippen LogP contribution >= 0.6 is 0 Å². The zero-order valence-corrected chi connectivity index (χ0v) is 10.6. The van der Waals surface area contributed by atoms with Gasteiger partial charge in [0.15, 0.2) is 0 Å². The fraction of sp³-hybridized carbons (Fsp3) is 1.00. The number of unbranched alkanes of at least 4 members (excludes halogenated alkanes) is 1. The number of rotatable bonds is 8. The Morgan fingerprint density at radius 1 is 1.33 bits per heavy atom. The van der Waals surface area contributed by atoms with Gasteiger partial charge >= 0.3 is 0 Å². The van der Waals surface area contributed by atoms with E-state index in [0.717, 1.165) is 25.2 Å². The van der Waals surface area contributed by atoms with Crippen LogP contribution in [0.3, 0.4) is 0 Å². The van der Waals surface area contributed by atoms with E-state index in [2.05, 4.69) is 5.32 Å². The molecule has 0 radical (unpaired) electrons. The van der Waals surface area contributed by atoms with Crippen LogP contribution in [0.4, 0.5) is 0 Å². The Hall–Kier alpha value is -0.0900. The molecule has 0 aromatic heterocycles. The quantitative estimate of drug-likeness (QED) is 0.648. The molecule has 1 fully saturated rings. The predicted molar refractivity (Wildman–Crippen MR) is 63.8 cm³/mol. The summed E-state index contributed by atoms with van der Waals surface area (Å²) in [6.45, 7) is 1.72. The lowest BCUT2D eigenvalue weighted by molar-refractivity contribution is 0.453. The summed E-state index contributed by atoms with van der Waals surface area (Å²) in [6.07, 6.45) is 5.67. The molecule has 15 heavy (non-hydrogen) atoms. The number of hydrogen-bond donors (Lipinski definition) is 1. The molecule has 0 aromatic rings. The van der Waals surface area contributed by atoms with Crippen molar-refractivity contribution in [2.24, 2.45) is 5.92 Å². The molecule has 90 valence electrons. The van der Waals surface area contributed by atoms with E-state index in [1.165, 1.54) is 12.8 Å². The lowest BCUT2D eigenvalue weighted by Crippen LogP contribution is -2.27. The summed E-state index contributed by atoms with van der Waals surface area (Å²) >= 11 is 0. The van der Waals surface area contributed by atoms with Gasteiger partial charge in [-0.15, -0.1) is 0 Å². The van der Waals surface area contributed by atoms with Crippen LogP contribution < -0.4 is 5.32 Å². The highest BCUT2D eigenvalue weighted by Crippen LogP contribution is 2.34. The highest BCUT2D eigenvalue weighted by atomic mass is 32.2. The van der Waals surface area contributed by atoms with Crippen molar-refractivity contribution >= 4 is 9.84 Å². The maximum Gasteiger partial charge on any atom is 0.150 e. The summed E-state index contributed by atoms with van der Waals surface area (Å²) in [4.78, 5) is 0. The first kappa shape index (κ1) is 13.0. The maximum atomic E-state index is 11.2. The maximum absolute atomic E-state index is 11.2. The van der Waals surface area contributed by atoms with Crippen molar-refractivity contribution in [1.29, 1.82) is 0 Å². The Balaban J connectivity index is 2.10. The summed E-state index contributed by atoms with van der Waals surface area (Å²) in [5, 5.41) is 3.33. The van der Waals surface area contributed by atoms with Crippen LogP contribution in [-0.4, -0.2) is 33.0 Å². The van der Waals surface area contributed by atoms with Crippen LogP contribution in [0.2, 0.25) is 0 Å². The zero-order valence-electron chi connectivity index (χ0n) is 9.83. The molecule has 1 rings (SSSR count). The Morgan fingerprint density at radius 3 is 2.47 bits per heavy atom. The van der Waals surface area contributed by atoms with E-state index in [9.17, 15) is 8.42 Å². The molecule has 0 aliphatic heterocycles. The van der Waals surface area contributed by atoms with Gasteiger partial charge in [0.05, 0.1) is 5.75 Å². The Kier molecular flexibility index (Phi) is 5.06. The standard InChI is InChI=1S/C11H23NO2S/c1-3-15(13,14)9-5-4-6-11(12-2)10-7-8-10/h10-12H,3-9H2,1-2H3. The van der Waals surface area contributed by atoms with Gasteiger partial charge in [-0.2, -0.15) is 0 Å². The van der Waals surface area contributed by atoms with Gasteiger partial charge in [-0.25, -0.2) is 8.42 Å². The predicted octanol–water partition coefficient (Wildman–Crippen LogP) is 1.59. The molecule has 4 heteroatoms. The van der Waals surface area contributed by atoms with Crippen molar-refractivity contribution < 1.29 is 8.42 Å².